The molecular weight excluding hydrogens is 627 g/mol. The fourth-order valence-electron chi connectivity index (χ4n) is 1.98. The molecule has 0 saturated heterocycles. The number of carbonyl (C=O) groups is 6. The Labute approximate surface area is 247 Å². The van der Waals surface area contributed by atoms with Gasteiger partial charge in [0.05, 0.1) is 17.9 Å². The Morgan fingerprint density at radius 2 is 0.442 bits per heavy atom. The number of aliphatic hydroxyl groups is 12. The van der Waals surface area contributed by atoms with E-state index in [1.54, 1.807) is 0 Å². The van der Waals surface area contributed by atoms with Crippen LogP contribution in [0.3, 0.4) is 0 Å². The average Bonchev–Trinajstić information content (AvgIpc) is 2.92. The average molecular weight is 654 g/mol. The van der Waals surface area contributed by atoms with Crippen LogP contribution in [0.5, 0.6) is 0 Å². The monoisotopic (exact) mass is 654 g/mol. The first-order valence-electron chi connectivity index (χ1n) is 10.3. The summed E-state index contributed by atoms with van der Waals surface area (Å²) in [5, 5.41) is 159. The smallest absolute Gasteiger partial charge is 0.547 e. The summed E-state index contributed by atoms with van der Waals surface area (Å²) in [6.07, 6.45) is -28.6. The minimum atomic E-state index is -2.47. The molecule has 25 heteroatoms. The third-order valence-corrected chi connectivity index (χ3v) is 4.47. The first-order valence-corrected chi connectivity index (χ1v) is 10.3. The molecule has 12 unspecified atom stereocenters. The zero-order valence-electron chi connectivity index (χ0n) is 20.9. The second-order valence-corrected chi connectivity index (χ2v) is 7.58. The minimum Gasteiger partial charge on any atom is -0.547 e. The van der Waals surface area contributed by atoms with Crippen molar-refractivity contribution >= 4 is 53.2 Å². The van der Waals surface area contributed by atoms with E-state index in [0.29, 0.717) is 0 Å². The largest absolute Gasteiger partial charge is 3.00 e. The van der Waals surface area contributed by atoms with Gasteiger partial charge in [-0.25, -0.2) is 14.4 Å². The van der Waals surface area contributed by atoms with Crippen molar-refractivity contribution in [1.29, 1.82) is 0 Å². The van der Waals surface area contributed by atoms with Crippen LogP contribution in [0.25, 0.3) is 0 Å². The zero-order valence-corrected chi connectivity index (χ0v) is 22.0. The molecule has 0 saturated carbocycles. The van der Waals surface area contributed by atoms with Gasteiger partial charge in [-0.2, -0.15) is 0 Å². The Hall–Kier alpha value is -3.13. The predicted octanol–water partition coefficient (Wildman–Crippen LogP) is -14.6. The summed E-state index contributed by atoms with van der Waals surface area (Å²) in [5.74, 6) is -11.8. The van der Waals surface area contributed by atoms with Crippen LogP contribution in [0.1, 0.15) is 0 Å². The van der Waals surface area contributed by atoms with Crippen molar-refractivity contribution in [2.75, 3.05) is 0 Å². The summed E-state index contributed by atoms with van der Waals surface area (Å²) in [5.41, 5.74) is 0. The van der Waals surface area contributed by atoms with E-state index < -0.39 is 109 Å². The van der Waals surface area contributed by atoms with Gasteiger partial charge in [-0.05, 0) is 0 Å². The Bertz CT molecular complexity index is 727. The predicted molar refractivity (Wildman–Crippen MR) is 116 cm³/mol. The van der Waals surface area contributed by atoms with Gasteiger partial charge in [0.25, 0.3) is 0 Å². The van der Waals surface area contributed by atoms with Gasteiger partial charge in [-0.1, -0.05) is 0 Å². The molecule has 0 bridgehead atoms. The van der Waals surface area contributed by atoms with E-state index in [2.05, 4.69) is 0 Å². The van der Waals surface area contributed by atoms with Crippen LogP contribution in [0, 0.1) is 0 Å². The summed E-state index contributed by atoms with van der Waals surface area (Å²) in [4.78, 5) is 60.1. The Balaban J connectivity index is -0.000000262. The summed E-state index contributed by atoms with van der Waals surface area (Å²) < 4.78 is 0. The van der Waals surface area contributed by atoms with Gasteiger partial charge in [-0.3, -0.25) is 0 Å². The van der Waals surface area contributed by atoms with Crippen LogP contribution in [0.15, 0.2) is 0 Å². The molecule has 0 rings (SSSR count). The molecule has 0 aliphatic carbocycles. The summed E-state index contributed by atoms with van der Waals surface area (Å²) in [7, 11) is 0. The third-order valence-electron chi connectivity index (χ3n) is 4.47. The molecule has 0 fully saturated rings. The normalized spacial score (nSPS) is 19.0. The SMILES string of the molecule is O=C([O-])C(O)C(O)C(O)C(O)C(=O)O.O=C([O-])C(O)C(O)C(O)C(O)C(=O)O.O=C([O-])C(O)C(O)C(O)C(O)C(=O)O.[Al+3]. The van der Waals surface area contributed by atoms with Crippen LogP contribution in [-0.2, 0) is 28.8 Å². The fourth-order valence-corrected chi connectivity index (χ4v) is 1.98. The van der Waals surface area contributed by atoms with Crippen molar-refractivity contribution in [3.05, 3.63) is 0 Å². The van der Waals surface area contributed by atoms with Crippen LogP contribution in [0.2, 0.25) is 0 Å². The molecule has 0 heterocycles. The van der Waals surface area contributed by atoms with Crippen molar-refractivity contribution in [3.8, 4) is 0 Å². The van der Waals surface area contributed by atoms with Gasteiger partial charge in [0.2, 0.25) is 0 Å². The molecule has 0 spiro atoms. The molecule has 15 N–H and O–H groups in total. The third kappa shape index (κ3) is 16.3. The van der Waals surface area contributed by atoms with E-state index in [1.807, 2.05) is 0 Å². The Morgan fingerprint density at radius 3 is 0.535 bits per heavy atom. The van der Waals surface area contributed by atoms with E-state index in [0.717, 1.165) is 0 Å². The van der Waals surface area contributed by atoms with Crippen LogP contribution < -0.4 is 15.3 Å². The van der Waals surface area contributed by atoms with Crippen LogP contribution >= 0.6 is 0 Å². The summed E-state index contributed by atoms with van der Waals surface area (Å²) >= 11 is 0. The number of carboxylic acids is 6. The van der Waals surface area contributed by atoms with Gasteiger partial charge in [0.1, 0.15) is 54.9 Å². The zero-order chi connectivity index (χ0) is 34.4. The molecule has 0 radical (unpaired) electrons. The maximum absolute atomic E-state index is 10.1. The van der Waals surface area contributed by atoms with Crippen LogP contribution in [0.4, 0.5) is 0 Å². The molecule has 0 aromatic carbocycles. The second kappa shape index (κ2) is 21.5. The topological polar surface area (TPSA) is 475 Å². The molecular formula is C18H27AlO24. The van der Waals surface area contributed by atoms with Crippen LogP contribution in [-0.4, -0.2) is 203 Å². The Morgan fingerprint density at radius 1 is 0.326 bits per heavy atom. The van der Waals surface area contributed by atoms with Crippen molar-refractivity contribution in [3.63, 3.8) is 0 Å². The van der Waals surface area contributed by atoms with Crippen molar-refractivity contribution in [2.45, 2.75) is 73.2 Å². The molecule has 0 amide bonds. The van der Waals surface area contributed by atoms with Gasteiger partial charge in [0, 0.05) is 0 Å². The number of carboxylic acid groups (broad SMARTS) is 6. The summed E-state index contributed by atoms with van der Waals surface area (Å²) in [6, 6.07) is 0. The number of aliphatic carboxylic acids is 6. The standard InChI is InChI=1S/3C6H10O8.Al/c3*7-1(3(9)5(11)12)2(8)4(10)6(13)14;/h3*1-4,7-10H,(H,11,12)(H,13,14);/q;;;+3/p-3. The number of rotatable bonds is 15. The van der Waals surface area contributed by atoms with Gasteiger partial charge in [0.15, 0.2) is 18.3 Å². The molecule has 0 aliphatic heterocycles. The van der Waals surface area contributed by atoms with Gasteiger partial charge < -0.3 is 106 Å². The number of carbonyl (C=O) groups excluding carboxylic acids is 3. The van der Waals surface area contributed by atoms with Gasteiger partial charge in [-0.15, -0.1) is 0 Å². The molecule has 43 heavy (non-hydrogen) atoms. The maximum Gasteiger partial charge on any atom is 3.00 e. The second-order valence-electron chi connectivity index (χ2n) is 7.58. The summed E-state index contributed by atoms with van der Waals surface area (Å²) in [6.45, 7) is 0. The van der Waals surface area contributed by atoms with E-state index in [1.165, 1.54) is 0 Å². The fraction of sp³-hybridized carbons (Fsp3) is 0.667. The number of hydrogen-bond donors (Lipinski definition) is 15. The Kier molecular flexibility index (Phi) is 23.5. The molecule has 24 nitrogen and oxygen atoms in total. The molecule has 0 aliphatic rings. The van der Waals surface area contributed by atoms with E-state index in [4.69, 9.17) is 76.6 Å². The van der Waals surface area contributed by atoms with Crippen molar-refractivity contribution < 1.29 is 121 Å². The van der Waals surface area contributed by atoms with E-state index in [9.17, 15) is 44.1 Å². The van der Waals surface area contributed by atoms with Crippen molar-refractivity contribution in [1.82, 2.24) is 0 Å². The maximum atomic E-state index is 10.1. The number of aliphatic hydroxyl groups excluding tert-OH is 12. The molecule has 0 aromatic heterocycles. The molecule has 12 atom stereocenters. The van der Waals surface area contributed by atoms with Crippen molar-refractivity contribution in [2.24, 2.45) is 0 Å². The minimum absolute atomic E-state index is 0. The number of hydrogen-bond acceptors (Lipinski definition) is 21. The quantitative estimate of drug-likeness (QED) is 0.0728. The first-order chi connectivity index (χ1) is 18.9. The van der Waals surface area contributed by atoms with E-state index in [-0.39, 0.29) is 17.4 Å². The van der Waals surface area contributed by atoms with Gasteiger partial charge >= 0.3 is 35.3 Å². The molecule has 0 aromatic rings. The van der Waals surface area contributed by atoms with E-state index >= 15 is 0 Å². The first kappa shape index (κ1) is 46.8. The molecule has 246 valence electrons.